The number of cyclic esters (lactones) is 1. The first-order valence-corrected chi connectivity index (χ1v) is 4.96. The molecule has 0 amide bonds. The average molecular weight is 188 g/mol. The Kier molecular flexibility index (Phi) is 1.37. The van der Waals surface area contributed by atoms with Crippen LogP contribution >= 0.6 is 0 Å². The third-order valence-electron chi connectivity index (χ3n) is 3.42. The van der Waals surface area contributed by atoms with Crippen LogP contribution < -0.4 is 0 Å². The summed E-state index contributed by atoms with van der Waals surface area (Å²) < 4.78 is 5.07. The molecule has 0 radical (unpaired) electrons. The Labute approximate surface area is 82.9 Å². The van der Waals surface area contributed by atoms with E-state index in [1.807, 2.05) is 0 Å². The number of fused-ring (bicyclic) bond motifs is 1. The van der Waals surface area contributed by atoms with E-state index in [-0.39, 0.29) is 17.3 Å². The smallest absolute Gasteiger partial charge is 0.310 e. The summed E-state index contributed by atoms with van der Waals surface area (Å²) >= 11 is 0. The van der Waals surface area contributed by atoms with Crippen molar-refractivity contribution in [3.63, 3.8) is 0 Å². The van der Waals surface area contributed by atoms with E-state index in [9.17, 15) is 4.79 Å². The van der Waals surface area contributed by atoms with Gasteiger partial charge in [-0.3, -0.25) is 4.79 Å². The highest BCUT2D eigenvalue weighted by Crippen LogP contribution is 2.58. The molecule has 2 heteroatoms. The van der Waals surface area contributed by atoms with E-state index in [1.165, 1.54) is 11.1 Å². The van der Waals surface area contributed by atoms with Gasteiger partial charge in [-0.15, -0.1) is 0 Å². The number of carbonyl (C=O) groups is 1. The topological polar surface area (TPSA) is 26.3 Å². The summed E-state index contributed by atoms with van der Waals surface area (Å²) in [6.45, 7) is 2.66. The molecule has 1 aromatic rings. The normalized spacial score (nSPS) is 33.8. The molecule has 1 unspecified atom stereocenters. The summed E-state index contributed by atoms with van der Waals surface area (Å²) in [4.78, 5) is 11.3. The quantitative estimate of drug-likeness (QED) is 0.628. The molecule has 1 aromatic carbocycles. The molecule has 2 nitrogen and oxygen atoms in total. The van der Waals surface area contributed by atoms with Crippen molar-refractivity contribution in [1.29, 1.82) is 0 Å². The molecule has 0 bridgehead atoms. The first-order chi connectivity index (χ1) is 6.72. The number of rotatable bonds is 1. The predicted molar refractivity (Wildman–Crippen MR) is 51.9 cm³/mol. The zero-order chi connectivity index (χ0) is 9.76. The van der Waals surface area contributed by atoms with Crippen LogP contribution in [-0.2, 0) is 14.9 Å². The molecule has 2 aliphatic rings. The minimum atomic E-state index is -0.00786. The summed E-state index contributed by atoms with van der Waals surface area (Å²) in [6, 6.07) is 8.41. The van der Waals surface area contributed by atoms with Gasteiger partial charge >= 0.3 is 5.97 Å². The van der Waals surface area contributed by atoms with Gasteiger partial charge in [0.05, 0.1) is 5.92 Å². The van der Waals surface area contributed by atoms with Gasteiger partial charge in [0.25, 0.3) is 0 Å². The first kappa shape index (κ1) is 8.04. The van der Waals surface area contributed by atoms with Crippen molar-refractivity contribution in [1.82, 2.24) is 0 Å². The van der Waals surface area contributed by atoms with Gasteiger partial charge in [-0.2, -0.15) is 0 Å². The molecule has 2 atom stereocenters. The maximum absolute atomic E-state index is 11.3. The summed E-state index contributed by atoms with van der Waals surface area (Å²) in [7, 11) is 0. The van der Waals surface area contributed by atoms with Crippen molar-refractivity contribution >= 4 is 5.97 Å². The van der Waals surface area contributed by atoms with Crippen LogP contribution in [0.2, 0.25) is 0 Å². The molecule has 2 fully saturated rings. The Morgan fingerprint density at radius 1 is 1.50 bits per heavy atom. The van der Waals surface area contributed by atoms with Gasteiger partial charge in [0, 0.05) is 5.41 Å². The lowest BCUT2D eigenvalue weighted by molar-refractivity contribution is -0.140. The van der Waals surface area contributed by atoms with Gasteiger partial charge in [0.1, 0.15) is 6.61 Å². The average Bonchev–Trinajstić information content (AvgIpc) is 2.83. The van der Waals surface area contributed by atoms with E-state index in [4.69, 9.17) is 4.74 Å². The molecule has 1 aliphatic heterocycles. The second kappa shape index (κ2) is 2.38. The molecule has 1 heterocycles. The van der Waals surface area contributed by atoms with Gasteiger partial charge < -0.3 is 4.74 Å². The fourth-order valence-corrected chi connectivity index (χ4v) is 2.43. The van der Waals surface area contributed by atoms with E-state index in [0.29, 0.717) is 6.61 Å². The fraction of sp³-hybridized carbons (Fsp3) is 0.417. The summed E-state index contributed by atoms with van der Waals surface area (Å²) in [5, 5.41) is 0. The zero-order valence-electron chi connectivity index (χ0n) is 8.12. The molecular formula is C12H12O2. The second-order valence-corrected chi connectivity index (χ2v) is 4.39. The first-order valence-electron chi connectivity index (χ1n) is 4.96. The second-order valence-electron chi connectivity index (χ2n) is 4.39. The van der Waals surface area contributed by atoms with Crippen molar-refractivity contribution < 1.29 is 9.53 Å². The highest BCUT2D eigenvalue weighted by Gasteiger charge is 2.65. The van der Waals surface area contributed by atoms with E-state index >= 15 is 0 Å². The number of esters is 1. The minimum absolute atomic E-state index is 0.00786. The van der Waals surface area contributed by atoms with Gasteiger partial charge in [0.2, 0.25) is 0 Å². The standard InChI is InChI=1S/C12H12O2/c1-8-3-2-4-9(5-8)12-6-10(12)11(13)14-7-12/h2-5,10H,6-7H2,1H3/t10?,12-/m1/s1. The van der Waals surface area contributed by atoms with Crippen molar-refractivity contribution in [2.24, 2.45) is 5.92 Å². The Morgan fingerprint density at radius 2 is 2.36 bits per heavy atom. The Bertz CT molecular complexity index is 411. The van der Waals surface area contributed by atoms with Gasteiger partial charge in [-0.1, -0.05) is 29.8 Å². The Morgan fingerprint density at radius 3 is 2.93 bits per heavy atom. The number of hydrogen-bond donors (Lipinski definition) is 0. The van der Waals surface area contributed by atoms with Crippen LogP contribution in [0.15, 0.2) is 24.3 Å². The maximum atomic E-state index is 11.3. The van der Waals surface area contributed by atoms with Crippen LogP contribution in [0, 0.1) is 12.8 Å². The molecule has 14 heavy (non-hydrogen) atoms. The number of benzene rings is 1. The van der Waals surface area contributed by atoms with E-state index in [1.54, 1.807) is 0 Å². The summed E-state index contributed by atoms with van der Waals surface area (Å²) in [5.41, 5.74) is 2.57. The number of aryl methyl sites for hydroxylation is 1. The number of hydrogen-bond acceptors (Lipinski definition) is 2. The minimum Gasteiger partial charge on any atom is -0.464 e. The molecule has 1 saturated heterocycles. The molecule has 0 spiro atoms. The van der Waals surface area contributed by atoms with Crippen molar-refractivity contribution in [2.75, 3.05) is 6.61 Å². The largest absolute Gasteiger partial charge is 0.464 e. The maximum Gasteiger partial charge on any atom is 0.310 e. The molecule has 1 saturated carbocycles. The highest BCUT2D eigenvalue weighted by molar-refractivity contribution is 5.82. The van der Waals surface area contributed by atoms with Crippen LogP contribution in [0.4, 0.5) is 0 Å². The number of ether oxygens (including phenoxy) is 1. The molecule has 3 rings (SSSR count). The summed E-state index contributed by atoms with van der Waals surface area (Å²) in [5.74, 6) is 0.135. The lowest BCUT2D eigenvalue weighted by Gasteiger charge is -2.10. The molecule has 0 aromatic heterocycles. The SMILES string of the molecule is Cc1cccc([C@@]23COC(=O)C2C3)c1. The van der Waals surface area contributed by atoms with Gasteiger partial charge in [-0.05, 0) is 18.9 Å². The lowest BCUT2D eigenvalue weighted by atomic mass is 9.94. The third kappa shape index (κ3) is 0.884. The Hall–Kier alpha value is -1.31. The van der Waals surface area contributed by atoms with Crippen LogP contribution in [0.3, 0.4) is 0 Å². The van der Waals surface area contributed by atoms with Gasteiger partial charge in [0.15, 0.2) is 0 Å². The van der Waals surface area contributed by atoms with Crippen LogP contribution in [0.1, 0.15) is 17.5 Å². The van der Waals surface area contributed by atoms with Gasteiger partial charge in [-0.25, -0.2) is 0 Å². The third-order valence-corrected chi connectivity index (χ3v) is 3.42. The van der Waals surface area contributed by atoms with Crippen molar-refractivity contribution in [3.8, 4) is 0 Å². The van der Waals surface area contributed by atoms with Crippen LogP contribution in [0.25, 0.3) is 0 Å². The number of carbonyl (C=O) groups excluding carboxylic acids is 1. The molecule has 0 N–H and O–H groups in total. The molecule has 72 valence electrons. The van der Waals surface area contributed by atoms with Crippen LogP contribution in [-0.4, -0.2) is 12.6 Å². The molecular weight excluding hydrogens is 176 g/mol. The van der Waals surface area contributed by atoms with Crippen LogP contribution in [0.5, 0.6) is 0 Å². The predicted octanol–water partition coefficient (Wildman–Crippen LogP) is 1.81. The fourth-order valence-electron chi connectivity index (χ4n) is 2.43. The monoisotopic (exact) mass is 188 g/mol. The van der Waals surface area contributed by atoms with Crippen molar-refractivity contribution in [2.45, 2.75) is 18.8 Å². The highest BCUT2D eigenvalue weighted by atomic mass is 16.5. The molecule has 1 aliphatic carbocycles. The Balaban J connectivity index is 2.01. The van der Waals surface area contributed by atoms with E-state index in [2.05, 4.69) is 31.2 Å². The van der Waals surface area contributed by atoms with Crippen molar-refractivity contribution in [3.05, 3.63) is 35.4 Å². The lowest BCUT2D eigenvalue weighted by Crippen LogP contribution is -2.10. The van der Waals surface area contributed by atoms with E-state index < -0.39 is 0 Å². The zero-order valence-corrected chi connectivity index (χ0v) is 8.12. The van der Waals surface area contributed by atoms with E-state index in [0.717, 1.165) is 6.42 Å². The summed E-state index contributed by atoms with van der Waals surface area (Å²) in [6.07, 6.45) is 0.981.